The Morgan fingerprint density at radius 3 is 1.82 bits per heavy atom. The number of nitriles is 2. The first kappa shape index (κ1) is 40.8. The Morgan fingerprint density at radius 1 is 0.529 bits per heavy atom. The van der Waals surface area contributed by atoms with E-state index in [2.05, 4.69) is 62.4 Å². The van der Waals surface area contributed by atoms with Gasteiger partial charge in [0.25, 0.3) is 0 Å². The minimum atomic E-state index is -1.81. The molecule has 0 radical (unpaired) electrons. The fourth-order valence-corrected chi connectivity index (χ4v) is 14.6. The Balaban J connectivity index is 0.984. The number of rotatable bonds is 6. The van der Waals surface area contributed by atoms with Crippen molar-refractivity contribution in [3.63, 3.8) is 0 Å². The molecule has 5 nitrogen and oxygen atoms in total. The number of hydrogen-bond acceptors (Lipinski definition) is 6. The highest BCUT2D eigenvalue weighted by molar-refractivity contribution is 7.25. The van der Waals surface area contributed by atoms with Crippen LogP contribution in [0, 0.1) is 34.5 Å². The van der Waals surface area contributed by atoms with Gasteiger partial charge in [0, 0.05) is 42.3 Å². The average molecular weight is 904 g/mol. The highest BCUT2D eigenvalue weighted by atomic mass is 32.1. The summed E-state index contributed by atoms with van der Waals surface area (Å²) in [6.07, 6.45) is 2.20. The van der Waals surface area contributed by atoms with Crippen molar-refractivity contribution < 1.29 is 8.78 Å². The van der Waals surface area contributed by atoms with E-state index >= 15 is 8.78 Å². The van der Waals surface area contributed by atoms with Crippen LogP contribution in [0.4, 0.5) is 8.78 Å². The predicted octanol–water partition coefficient (Wildman–Crippen LogP) is 14.9. The van der Waals surface area contributed by atoms with Crippen LogP contribution in [0.5, 0.6) is 0 Å². The molecule has 0 saturated heterocycles. The zero-order valence-corrected chi connectivity index (χ0v) is 38.3. The van der Waals surface area contributed by atoms with E-state index in [0.29, 0.717) is 59.8 Å². The Morgan fingerprint density at radius 2 is 1.13 bits per heavy atom. The van der Waals surface area contributed by atoms with E-state index in [9.17, 15) is 10.5 Å². The van der Waals surface area contributed by atoms with Crippen LogP contribution in [-0.4, -0.2) is 26.3 Å². The third-order valence-corrected chi connectivity index (χ3v) is 17.1. The maximum absolute atomic E-state index is 18.9. The van der Waals surface area contributed by atoms with Gasteiger partial charge in [-0.15, -0.1) is 11.3 Å². The molecule has 4 saturated carbocycles. The van der Waals surface area contributed by atoms with Crippen LogP contribution in [-0.2, 0) is 10.8 Å². The van der Waals surface area contributed by atoms with Crippen LogP contribution in [0.1, 0.15) is 79.3 Å². The summed E-state index contributed by atoms with van der Waals surface area (Å²) >= 11 is 1.66. The summed E-state index contributed by atoms with van der Waals surface area (Å²) in [6, 6.07) is 54.4. The topological polar surface area (TPSA) is 86.2 Å². The number of benzene rings is 7. The molecular weight excluding hydrogens is 861 g/mol. The first-order chi connectivity index (χ1) is 33.0. The second-order valence-electron chi connectivity index (χ2n) is 20.1. The van der Waals surface area contributed by atoms with Crippen LogP contribution in [0.3, 0.4) is 0 Å². The van der Waals surface area contributed by atoms with E-state index in [1.165, 1.54) is 0 Å². The fourth-order valence-electron chi connectivity index (χ4n) is 13.4. The van der Waals surface area contributed by atoms with Gasteiger partial charge >= 0.3 is 0 Å². The van der Waals surface area contributed by atoms with Gasteiger partial charge in [0.1, 0.15) is 11.3 Å². The Labute approximate surface area is 397 Å². The molecule has 68 heavy (non-hydrogen) atoms. The van der Waals surface area contributed by atoms with E-state index < -0.39 is 16.8 Å². The molecule has 0 amide bonds. The summed E-state index contributed by atoms with van der Waals surface area (Å²) in [5, 5.41) is 21.1. The monoisotopic (exact) mass is 903 g/mol. The Bertz CT molecular complexity index is 3620. The van der Waals surface area contributed by atoms with Crippen LogP contribution in [0.2, 0.25) is 0 Å². The molecule has 0 N–H and O–H groups in total. The molecule has 0 spiro atoms. The van der Waals surface area contributed by atoms with Gasteiger partial charge in [0.15, 0.2) is 17.5 Å². The van der Waals surface area contributed by atoms with E-state index in [1.807, 2.05) is 115 Å². The van der Waals surface area contributed by atoms with Crippen molar-refractivity contribution in [2.24, 2.45) is 11.8 Å². The standard InChI is InChI=1S/C60H43F2N5S/c1-57(2)47-11-6-10-46(52(47)44-24-16-36(34-64)27-49(44)57)56-66-54(40-8-4-3-5-9-40)65-55(67-56)41-19-22-43(23-20-41)60(58(61)29-37-26-38(31-58)32-59(60,62)30-37)48-12-7-13-50-53(48)45-25-21-42(28-51(45)68-50)39-17-14-35(33-63)15-18-39/h3-25,27-28,37-38H,26,29-32H2,1-2H3. The summed E-state index contributed by atoms with van der Waals surface area (Å²) in [6.45, 7) is 4.38. The number of thiophene rings is 1. The Kier molecular flexibility index (Phi) is 8.74. The molecule has 2 aromatic heterocycles. The average Bonchev–Trinajstić information content (AvgIpc) is 3.85. The van der Waals surface area contributed by atoms with Gasteiger partial charge in [-0.05, 0) is 125 Å². The summed E-state index contributed by atoms with van der Waals surface area (Å²) in [5.74, 6) is 1.51. The molecule has 328 valence electrons. The molecule has 0 aliphatic heterocycles. The summed E-state index contributed by atoms with van der Waals surface area (Å²) in [4.78, 5) is 15.4. The lowest BCUT2D eigenvalue weighted by molar-refractivity contribution is -0.188. The highest BCUT2D eigenvalue weighted by Crippen LogP contribution is 2.72. The first-order valence-corrected chi connectivity index (χ1v) is 24.3. The van der Waals surface area contributed by atoms with Crippen LogP contribution in [0.15, 0.2) is 152 Å². The third-order valence-electron chi connectivity index (χ3n) is 16.0. The number of nitrogens with zero attached hydrogens (tertiary/aromatic N) is 5. The maximum Gasteiger partial charge on any atom is 0.164 e. The van der Waals surface area contributed by atoms with Crippen LogP contribution in [0.25, 0.3) is 76.6 Å². The minimum absolute atomic E-state index is 0.00344. The summed E-state index contributed by atoms with van der Waals surface area (Å²) < 4.78 is 39.9. The molecule has 5 aliphatic rings. The Hall–Kier alpha value is -7.39. The van der Waals surface area contributed by atoms with Crippen molar-refractivity contribution >= 4 is 31.5 Å². The smallest absolute Gasteiger partial charge is 0.164 e. The lowest BCUT2D eigenvalue weighted by Gasteiger charge is -2.67. The van der Waals surface area contributed by atoms with Gasteiger partial charge < -0.3 is 0 Å². The number of halogens is 2. The maximum atomic E-state index is 18.9. The molecule has 9 aromatic rings. The molecule has 14 rings (SSSR count). The zero-order chi connectivity index (χ0) is 46.2. The van der Waals surface area contributed by atoms with Gasteiger partial charge in [-0.25, -0.2) is 23.7 Å². The molecule has 8 heteroatoms. The van der Waals surface area contributed by atoms with E-state index in [0.717, 1.165) is 82.2 Å². The van der Waals surface area contributed by atoms with Crippen molar-refractivity contribution in [2.45, 2.75) is 68.1 Å². The molecule has 7 aromatic carbocycles. The molecule has 5 aliphatic carbocycles. The lowest BCUT2D eigenvalue weighted by atomic mass is 9.39. The van der Waals surface area contributed by atoms with Crippen molar-refractivity contribution in [3.8, 4) is 68.6 Å². The van der Waals surface area contributed by atoms with Crippen molar-refractivity contribution in [1.29, 1.82) is 10.5 Å². The molecule has 4 fully saturated rings. The zero-order valence-electron chi connectivity index (χ0n) is 37.5. The molecule has 2 heterocycles. The fraction of sp³-hybridized carbons (Fsp3) is 0.217. The second kappa shape index (κ2) is 14.6. The van der Waals surface area contributed by atoms with E-state index in [4.69, 9.17) is 15.0 Å². The van der Waals surface area contributed by atoms with Gasteiger partial charge in [-0.2, -0.15) is 10.5 Å². The van der Waals surface area contributed by atoms with E-state index in [-0.39, 0.29) is 17.3 Å². The van der Waals surface area contributed by atoms with Crippen molar-refractivity contribution in [2.75, 3.05) is 0 Å². The summed E-state index contributed by atoms with van der Waals surface area (Å²) in [5.41, 5.74) is 5.79. The van der Waals surface area contributed by atoms with E-state index in [1.54, 1.807) is 11.3 Å². The molecular formula is C60H43F2N5S. The van der Waals surface area contributed by atoms with Gasteiger partial charge in [0.2, 0.25) is 0 Å². The van der Waals surface area contributed by atoms with Crippen molar-refractivity contribution in [3.05, 3.63) is 185 Å². The number of hydrogen-bond donors (Lipinski definition) is 0. The molecule has 4 bridgehead atoms. The van der Waals surface area contributed by atoms with Crippen LogP contribution >= 0.6 is 11.3 Å². The minimum Gasteiger partial charge on any atom is -0.242 e. The lowest BCUT2D eigenvalue weighted by Crippen LogP contribution is -2.72. The SMILES string of the molecule is CC1(C)c2cc(C#N)ccc2-c2c(-c3nc(-c4ccccc4)nc(-c4ccc(C5(c6cccc7sc8cc(-c9ccc(C#N)cc9)ccc8c67)C6(F)CC7CC(C6)CC5(F)C7)cc4)n3)cccc21. The first-order valence-electron chi connectivity index (χ1n) is 23.5. The summed E-state index contributed by atoms with van der Waals surface area (Å²) in [7, 11) is 0. The number of alkyl halides is 2. The predicted molar refractivity (Wildman–Crippen MR) is 266 cm³/mol. The highest BCUT2D eigenvalue weighted by Gasteiger charge is 2.75. The van der Waals surface area contributed by atoms with Gasteiger partial charge in [-0.1, -0.05) is 129 Å². The normalized spacial score (nSPS) is 23.9. The van der Waals surface area contributed by atoms with Gasteiger partial charge in [0.05, 0.1) is 28.7 Å². The molecule has 0 atom stereocenters. The van der Waals surface area contributed by atoms with Crippen LogP contribution < -0.4 is 0 Å². The molecule has 0 unspecified atom stereocenters. The van der Waals surface area contributed by atoms with Gasteiger partial charge in [-0.3, -0.25) is 0 Å². The number of aromatic nitrogens is 3. The quantitative estimate of drug-likeness (QED) is 0.166. The second-order valence-corrected chi connectivity index (χ2v) is 21.2. The van der Waals surface area contributed by atoms with Crippen molar-refractivity contribution in [1.82, 2.24) is 15.0 Å². The third kappa shape index (κ3) is 5.71. The number of fused-ring (bicyclic) bond motifs is 6. The largest absolute Gasteiger partial charge is 0.242 e.